The molecule has 0 unspecified atom stereocenters. The van der Waals surface area contributed by atoms with Gasteiger partial charge in [-0.15, -0.1) is 12.4 Å². The lowest BCUT2D eigenvalue weighted by molar-refractivity contribution is 0.292. The number of unbranched alkanes of at least 4 members (excludes halogenated alkanes) is 1. The van der Waals surface area contributed by atoms with E-state index >= 15 is 0 Å². The largest absolute Gasteiger partial charge is 0.493 e. The Morgan fingerprint density at radius 2 is 1.57 bits per heavy atom. The fourth-order valence-electron chi connectivity index (χ4n) is 2.21. The number of ether oxygens (including phenoxy) is 1. The van der Waals surface area contributed by atoms with Crippen molar-refractivity contribution in [2.24, 2.45) is 0 Å². The van der Waals surface area contributed by atoms with Gasteiger partial charge in [-0.1, -0.05) is 60.7 Å². The van der Waals surface area contributed by atoms with Gasteiger partial charge in [-0.25, -0.2) is 0 Å². The Hall–Kier alpha value is -1.77. The van der Waals surface area contributed by atoms with Crippen molar-refractivity contribution in [3.63, 3.8) is 0 Å². The van der Waals surface area contributed by atoms with Gasteiger partial charge in [-0.05, 0) is 45.1 Å². The normalized spacial score (nSPS) is 10.7. The maximum atomic E-state index is 5.94. The molecule has 2 aromatic carbocycles. The summed E-state index contributed by atoms with van der Waals surface area (Å²) in [7, 11) is 4.20. The Balaban J connectivity index is 0.00000264. The standard InChI is InChI=1S/C20H25NO.ClH/c1-21(2)16-8-9-17-22-20-13-7-6-12-19(20)15-14-18-10-4-3-5-11-18;/h3-7,10-15H,8-9,16-17H2,1-2H3;1H/b15-14+;. The summed E-state index contributed by atoms with van der Waals surface area (Å²) in [5.74, 6) is 0.958. The SMILES string of the molecule is CN(C)CCCCOc1ccccc1/C=C/c1ccccc1.Cl. The van der Waals surface area contributed by atoms with Crippen LogP contribution < -0.4 is 4.74 Å². The molecule has 0 aliphatic heterocycles. The van der Waals surface area contributed by atoms with Crippen LogP contribution in [0.1, 0.15) is 24.0 Å². The molecule has 0 atom stereocenters. The molecule has 2 nitrogen and oxygen atoms in total. The van der Waals surface area contributed by atoms with Crippen molar-refractivity contribution in [1.82, 2.24) is 4.90 Å². The van der Waals surface area contributed by atoms with Crippen LogP contribution in [0.25, 0.3) is 12.2 Å². The summed E-state index contributed by atoms with van der Waals surface area (Å²) in [6.07, 6.45) is 6.47. The molecule has 2 rings (SSSR count). The molecule has 0 bridgehead atoms. The average molecular weight is 332 g/mol. The molecule has 0 radical (unpaired) electrons. The first-order valence-electron chi connectivity index (χ1n) is 7.85. The number of hydrogen-bond donors (Lipinski definition) is 0. The Morgan fingerprint density at radius 1 is 0.870 bits per heavy atom. The zero-order valence-electron chi connectivity index (χ0n) is 13.9. The molecule has 0 aliphatic carbocycles. The van der Waals surface area contributed by atoms with Crippen LogP contribution >= 0.6 is 12.4 Å². The van der Waals surface area contributed by atoms with Gasteiger partial charge in [-0.2, -0.15) is 0 Å². The van der Waals surface area contributed by atoms with Crippen molar-refractivity contribution < 1.29 is 4.74 Å². The number of halogens is 1. The van der Waals surface area contributed by atoms with Crippen molar-refractivity contribution >= 4 is 24.6 Å². The van der Waals surface area contributed by atoms with Gasteiger partial charge in [0.2, 0.25) is 0 Å². The molecule has 0 spiro atoms. The number of nitrogens with zero attached hydrogens (tertiary/aromatic N) is 1. The zero-order valence-corrected chi connectivity index (χ0v) is 14.8. The summed E-state index contributed by atoms with van der Waals surface area (Å²) in [5.41, 5.74) is 2.32. The summed E-state index contributed by atoms with van der Waals surface area (Å²) in [5, 5.41) is 0. The van der Waals surface area contributed by atoms with Gasteiger partial charge in [0.05, 0.1) is 6.61 Å². The van der Waals surface area contributed by atoms with E-state index in [0.29, 0.717) is 0 Å². The van der Waals surface area contributed by atoms with Crippen molar-refractivity contribution in [2.45, 2.75) is 12.8 Å². The van der Waals surface area contributed by atoms with Gasteiger partial charge in [0.1, 0.15) is 5.75 Å². The lowest BCUT2D eigenvalue weighted by Crippen LogP contribution is -2.13. The molecule has 0 aliphatic rings. The lowest BCUT2D eigenvalue weighted by Gasteiger charge is -2.11. The van der Waals surface area contributed by atoms with Crippen LogP contribution in [-0.4, -0.2) is 32.1 Å². The van der Waals surface area contributed by atoms with Crippen LogP contribution in [0, 0.1) is 0 Å². The Labute approximate surface area is 146 Å². The van der Waals surface area contributed by atoms with Gasteiger partial charge in [0.15, 0.2) is 0 Å². The molecule has 2 aromatic rings. The van der Waals surface area contributed by atoms with E-state index < -0.39 is 0 Å². The highest BCUT2D eigenvalue weighted by Crippen LogP contribution is 2.21. The van der Waals surface area contributed by atoms with Crippen molar-refractivity contribution in [3.8, 4) is 5.75 Å². The van der Waals surface area contributed by atoms with Crippen molar-refractivity contribution in [2.75, 3.05) is 27.2 Å². The van der Waals surface area contributed by atoms with E-state index in [4.69, 9.17) is 4.74 Å². The molecule has 0 N–H and O–H groups in total. The summed E-state index contributed by atoms with van der Waals surface area (Å²) in [4.78, 5) is 2.20. The van der Waals surface area contributed by atoms with Crippen LogP contribution in [0.15, 0.2) is 54.6 Å². The molecule has 0 saturated carbocycles. The first-order valence-corrected chi connectivity index (χ1v) is 7.85. The summed E-state index contributed by atoms with van der Waals surface area (Å²) in [6, 6.07) is 18.5. The van der Waals surface area contributed by atoms with Crippen LogP contribution in [-0.2, 0) is 0 Å². The minimum absolute atomic E-state index is 0. The number of rotatable bonds is 8. The molecule has 3 heteroatoms. The highest BCUT2D eigenvalue weighted by Gasteiger charge is 2.00. The van der Waals surface area contributed by atoms with E-state index in [2.05, 4.69) is 49.3 Å². The fraction of sp³-hybridized carbons (Fsp3) is 0.300. The summed E-state index contributed by atoms with van der Waals surface area (Å²) in [6.45, 7) is 1.88. The van der Waals surface area contributed by atoms with E-state index in [9.17, 15) is 0 Å². The Morgan fingerprint density at radius 3 is 2.30 bits per heavy atom. The third-order valence-electron chi connectivity index (χ3n) is 3.43. The molecule has 23 heavy (non-hydrogen) atoms. The van der Waals surface area contributed by atoms with E-state index in [1.807, 2.05) is 36.4 Å². The summed E-state index contributed by atoms with van der Waals surface area (Å²) >= 11 is 0. The van der Waals surface area contributed by atoms with Gasteiger partial charge in [0, 0.05) is 5.56 Å². The van der Waals surface area contributed by atoms with Crippen LogP contribution in [0.3, 0.4) is 0 Å². The lowest BCUT2D eigenvalue weighted by atomic mass is 10.1. The molecule has 0 amide bonds. The van der Waals surface area contributed by atoms with E-state index in [1.54, 1.807) is 0 Å². The molecular weight excluding hydrogens is 306 g/mol. The van der Waals surface area contributed by atoms with Gasteiger partial charge in [-0.3, -0.25) is 0 Å². The van der Waals surface area contributed by atoms with Crippen LogP contribution in [0.2, 0.25) is 0 Å². The molecule has 0 aromatic heterocycles. The summed E-state index contributed by atoms with van der Waals surface area (Å²) < 4.78 is 5.94. The van der Waals surface area contributed by atoms with Crippen LogP contribution in [0.5, 0.6) is 5.75 Å². The fourth-order valence-corrected chi connectivity index (χ4v) is 2.21. The molecule has 0 saturated heterocycles. The molecule has 124 valence electrons. The topological polar surface area (TPSA) is 12.5 Å². The second-order valence-corrected chi connectivity index (χ2v) is 5.64. The van der Waals surface area contributed by atoms with E-state index in [1.165, 1.54) is 5.56 Å². The van der Waals surface area contributed by atoms with E-state index in [-0.39, 0.29) is 12.4 Å². The highest BCUT2D eigenvalue weighted by atomic mass is 35.5. The molecule has 0 heterocycles. The second kappa shape index (κ2) is 10.9. The second-order valence-electron chi connectivity index (χ2n) is 5.64. The smallest absolute Gasteiger partial charge is 0.126 e. The first-order chi connectivity index (χ1) is 10.8. The van der Waals surface area contributed by atoms with Crippen molar-refractivity contribution in [3.05, 3.63) is 65.7 Å². The third-order valence-corrected chi connectivity index (χ3v) is 3.43. The van der Waals surface area contributed by atoms with Crippen LogP contribution in [0.4, 0.5) is 0 Å². The van der Waals surface area contributed by atoms with Gasteiger partial charge < -0.3 is 9.64 Å². The first kappa shape index (κ1) is 19.3. The average Bonchev–Trinajstić information content (AvgIpc) is 2.54. The predicted octanol–water partition coefficient (Wildman–Crippen LogP) is 5.00. The Bertz CT molecular complexity index is 581. The predicted molar refractivity (Wildman–Crippen MR) is 102 cm³/mol. The quantitative estimate of drug-likeness (QED) is 0.498. The third kappa shape index (κ3) is 7.36. The maximum absolute atomic E-state index is 5.94. The number of hydrogen-bond acceptors (Lipinski definition) is 2. The minimum atomic E-state index is 0. The molecular formula is C20H26ClNO. The zero-order chi connectivity index (χ0) is 15.6. The van der Waals surface area contributed by atoms with Gasteiger partial charge >= 0.3 is 0 Å². The molecule has 0 fully saturated rings. The maximum Gasteiger partial charge on any atom is 0.126 e. The van der Waals surface area contributed by atoms with Gasteiger partial charge in [0.25, 0.3) is 0 Å². The highest BCUT2D eigenvalue weighted by molar-refractivity contribution is 5.85. The number of para-hydroxylation sites is 1. The number of benzene rings is 2. The monoisotopic (exact) mass is 331 g/mol. The Kier molecular flexibility index (Phi) is 9.11. The van der Waals surface area contributed by atoms with E-state index in [0.717, 1.165) is 37.3 Å². The minimum Gasteiger partial charge on any atom is -0.493 e. The van der Waals surface area contributed by atoms with Crippen molar-refractivity contribution in [1.29, 1.82) is 0 Å².